The highest BCUT2D eigenvalue weighted by atomic mass is 17.2. The van der Waals surface area contributed by atoms with Crippen molar-refractivity contribution < 1.29 is 14.6 Å². The Labute approximate surface area is 84.0 Å². The lowest BCUT2D eigenvalue weighted by molar-refractivity contribution is -0.268. The summed E-state index contributed by atoms with van der Waals surface area (Å²) in [5.41, 5.74) is 0.803. The van der Waals surface area contributed by atoms with Crippen LogP contribution in [-0.2, 0) is 14.6 Å². The van der Waals surface area contributed by atoms with E-state index in [1.165, 1.54) is 12.8 Å². The van der Waals surface area contributed by atoms with Crippen LogP contribution in [0.15, 0.2) is 11.6 Å². The third-order valence-electron chi connectivity index (χ3n) is 2.92. The van der Waals surface area contributed by atoms with Gasteiger partial charge in [0.15, 0.2) is 0 Å². The van der Waals surface area contributed by atoms with E-state index in [-0.39, 0.29) is 5.97 Å². The Morgan fingerprint density at radius 3 is 3.07 bits per heavy atom. The molecule has 1 aliphatic carbocycles. The average Bonchev–Trinajstić information content (AvgIpc) is 2.62. The highest BCUT2D eigenvalue weighted by Crippen LogP contribution is 2.29. The minimum atomic E-state index is -0.283. The van der Waals surface area contributed by atoms with Crippen LogP contribution in [-0.4, -0.2) is 12.6 Å². The molecule has 1 aliphatic heterocycles. The number of hydrogen-bond acceptors (Lipinski definition) is 3. The van der Waals surface area contributed by atoms with Crippen molar-refractivity contribution in [1.82, 2.24) is 0 Å². The summed E-state index contributed by atoms with van der Waals surface area (Å²) in [6.45, 7) is 0.531. The Balaban J connectivity index is 1.99. The third-order valence-corrected chi connectivity index (χ3v) is 2.92. The maximum atomic E-state index is 11.4. The molecule has 2 bridgehead atoms. The van der Waals surface area contributed by atoms with Crippen LogP contribution in [0.1, 0.15) is 38.5 Å². The lowest BCUT2D eigenvalue weighted by Gasteiger charge is -2.06. The van der Waals surface area contributed by atoms with Crippen molar-refractivity contribution in [3.8, 4) is 0 Å². The van der Waals surface area contributed by atoms with Gasteiger partial charge in [0.2, 0.25) is 0 Å². The molecule has 14 heavy (non-hydrogen) atoms. The smallest absolute Gasteiger partial charge is 0.293 e. The van der Waals surface area contributed by atoms with Crippen molar-refractivity contribution in [3.05, 3.63) is 11.6 Å². The van der Waals surface area contributed by atoms with Gasteiger partial charge in [0.1, 0.15) is 0 Å². The van der Waals surface area contributed by atoms with Crippen molar-refractivity contribution in [3.63, 3.8) is 0 Å². The van der Waals surface area contributed by atoms with E-state index in [1.807, 2.05) is 0 Å². The van der Waals surface area contributed by atoms with Crippen LogP contribution >= 0.6 is 0 Å². The van der Waals surface area contributed by atoms with Crippen LogP contribution in [0.25, 0.3) is 0 Å². The van der Waals surface area contributed by atoms with Crippen LogP contribution < -0.4 is 0 Å². The predicted molar refractivity (Wildman–Crippen MR) is 51.3 cm³/mol. The summed E-state index contributed by atoms with van der Waals surface area (Å²) in [5.74, 6) is 0.310. The normalized spacial score (nSPS) is 29.0. The molecular formula is C11H16O3. The summed E-state index contributed by atoms with van der Waals surface area (Å²) in [5, 5.41) is 0. The second-order valence-corrected chi connectivity index (χ2v) is 4.03. The molecule has 0 aromatic carbocycles. The zero-order chi connectivity index (χ0) is 9.80. The summed E-state index contributed by atoms with van der Waals surface area (Å²) >= 11 is 0. The van der Waals surface area contributed by atoms with E-state index in [4.69, 9.17) is 9.78 Å². The molecule has 2 rings (SSSR count). The Morgan fingerprint density at radius 2 is 2.14 bits per heavy atom. The molecule has 0 saturated heterocycles. The third kappa shape index (κ3) is 2.35. The lowest BCUT2D eigenvalue weighted by Crippen LogP contribution is -2.08. The average molecular weight is 196 g/mol. The summed E-state index contributed by atoms with van der Waals surface area (Å²) in [4.78, 5) is 20.9. The highest BCUT2D eigenvalue weighted by molar-refractivity contribution is 5.88. The van der Waals surface area contributed by atoms with Crippen LogP contribution in [0.2, 0.25) is 0 Å². The molecule has 3 nitrogen and oxygen atoms in total. The first-order chi connectivity index (χ1) is 6.86. The van der Waals surface area contributed by atoms with Gasteiger partial charge in [-0.1, -0.05) is 18.9 Å². The molecule has 78 valence electrons. The molecule has 0 amide bonds. The van der Waals surface area contributed by atoms with Crippen LogP contribution in [0.3, 0.4) is 0 Å². The van der Waals surface area contributed by atoms with E-state index >= 15 is 0 Å². The molecular weight excluding hydrogens is 180 g/mol. The van der Waals surface area contributed by atoms with E-state index in [0.717, 1.165) is 31.3 Å². The highest BCUT2D eigenvalue weighted by Gasteiger charge is 2.22. The van der Waals surface area contributed by atoms with E-state index in [1.54, 1.807) is 0 Å². The van der Waals surface area contributed by atoms with Gasteiger partial charge in [-0.05, 0) is 31.6 Å². The monoisotopic (exact) mass is 196 g/mol. The van der Waals surface area contributed by atoms with Gasteiger partial charge in [0.05, 0.1) is 6.61 Å². The van der Waals surface area contributed by atoms with Crippen molar-refractivity contribution >= 4 is 5.97 Å². The van der Waals surface area contributed by atoms with E-state index in [0.29, 0.717) is 12.5 Å². The molecule has 3 heteroatoms. The zero-order valence-electron chi connectivity index (χ0n) is 8.33. The van der Waals surface area contributed by atoms with E-state index in [2.05, 4.69) is 6.08 Å². The molecule has 0 radical (unpaired) electrons. The van der Waals surface area contributed by atoms with Gasteiger partial charge in [0, 0.05) is 5.57 Å². The molecule has 1 heterocycles. The molecule has 1 unspecified atom stereocenters. The fraction of sp³-hybridized carbons (Fsp3) is 0.727. The van der Waals surface area contributed by atoms with Gasteiger partial charge in [-0.25, -0.2) is 4.79 Å². The fourth-order valence-electron chi connectivity index (χ4n) is 2.08. The molecule has 0 spiro atoms. The standard InChI is InChI=1S/C11H16O3/c12-11-10-6-5-9(8-10)4-2-1-3-7-13-14-11/h8-9H,1-7H2. The SMILES string of the molecule is O=C1OOCCCCCC2C=C1CC2. The van der Waals surface area contributed by atoms with Crippen LogP contribution in [0.5, 0.6) is 0 Å². The first-order valence-corrected chi connectivity index (χ1v) is 5.41. The van der Waals surface area contributed by atoms with Gasteiger partial charge in [-0.2, -0.15) is 4.89 Å². The predicted octanol–water partition coefficient (Wildman–Crippen LogP) is 2.37. The molecule has 2 aliphatic rings. The molecule has 0 fully saturated rings. The van der Waals surface area contributed by atoms with Crippen LogP contribution in [0.4, 0.5) is 0 Å². The quantitative estimate of drug-likeness (QED) is 0.558. The van der Waals surface area contributed by atoms with Crippen molar-refractivity contribution in [1.29, 1.82) is 0 Å². The minimum absolute atomic E-state index is 0.283. The number of hydrogen-bond donors (Lipinski definition) is 0. The topological polar surface area (TPSA) is 35.5 Å². The summed E-state index contributed by atoms with van der Waals surface area (Å²) < 4.78 is 0. The summed E-state index contributed by atoms with van der Waals surface area (Å²) in [7, 11) is 0. The maximum absolute atomic E-state index is 11.4. The van der Waals surface area contributed by atoms with Crippen molar-refractivity contribution in [2.75, 3.05) is 6.61 Å². The maximum Gasteiger partial charge on any atom is 0.368 e. The number of carbonyl (C=O) groups excluding carboxylic acids is 1. The number of allylic oxidation sites excluding steroid dienone is 1. The molecule has 0 aromatic heterocycles. The van der Waals surface area contributed by atoms with Crippen LogP contribution in [0, 0.1) is 5.92 Å². The molecule has 0 saturated carbocycles. The second-order valence-electron chi connectivity index (χ2n) is 4.03. The number of rotatable bonds is 0. The van der Waals surface area contributed by atoms with Crippen molar-refractivity contribution in [2.24, 2.45) is 5.92 Å². The Hall–Kier alpha value is -0.830. The Bertz CT molecular complexity index is 245. The Kier molecular flexibility index (Phi) is 3.19. The van der Waals surface area contributed by atoms with Crippen molar-refractivity contribution in [2.45, 2.75) is 38.5 Å². The van der Waals surface area contributed by atoms with E-state index < -0.39 is 0 Å². The zero-order valence-corrected chi connectivity index (χ0v) is 8.33. The van der Waals surface area contributed by atoms with Gasteiger partial charge in [0.25, 0.3) is 0 Å². The fourth-order valence-corrected chi connectivity index (χ4v) is 2.08. The minimum Gasteiger partial charge on any atom is -0.293 e. The summed E-state index contributed by atoms with van der Waals surface area (Å²) in [6, 6.07) is 0. The van der Waals surface area contributed by atoms with Gasteiger partial charge < -0.3 is 0 Å². The van der Waals surface area contributed by atoms with Gasteiger partial charge in [-0.15, -0.1) is 0 Å². The molecule has 0 aromatic rings. The number of fused-ring (bicyclic) bond motifs is 1. The first kappa shape index (κ1) is 9.71. The van der Waals surface area contributed by atoms with E-state index in [9.17, 15) is 4.79 Å². The molecule has 0 N–H and O–H groups in total. The van der Waals surface area contributed by atoms with Gasteiger partial charge >= 0.3 is 5.97 Å². The Morgan fingerprint density at radius 1 is 1.21 bits per heavy atom. The molecule has 1 atom stereocenters. The number of carbonyl (C=O) groups is 1. The summed E-state index contributed by atoms with van der Waals surface area (Å²) in [6.07, 6.45) is 8.60. The largest absolute Gasteiger partial charge is 0.368 e. The van der Waals surface area contributed by atoms with Gasteiger partial charge in [-0.3, -0.25) is 4.89 Å². The first-order valence-electron chi connectivity index (χ1n) is 5.41. The second kappa shape index (κ2) is 4.60. The lowest BCUT2D eigenvalue weighted by atomic mass is 10.0.